The highest BCUT2D eigenvalue weighted by Crippen LogP contribution is 2.19. The van der Waals surface area contributed by atoms with Crippen LogP contribution in [0.1, 0.15) is 17.8 Å². The summed E-state index contributed by atoms with van der Waals surface area (Å²) in [5.41, 5.74) is 3.37. The first-order valence-electron chi connectivity index (χ1n) is 9.63. The van der Waals surface area contributed by atoms with Crippen LogP contribution in [-0.2, 0) is 11.3 Å². The molecule has 0 unspecified atom stereocenters. The normalized spacial score (nSPS) is 15.1. The van der Waals surface area contributed by atoms with Gasteiger partial charge in [0.15, 0.2) is 6.54 Å². The minimum Gasteiger partial charge on any atom is -0.360 e. The number of nitrogens with one attached hydrogen (secondary N) is 2. The van der Waals surface area contributed by atoms with Gasteiger partial charge in [0, 0.05) is 29.5 Å². The van der Waals surface area contributed by atoms with Gasteiger partial charge in [-0.15, -0.1) is 0 Å². The SMILES string of the molecule is Cc1cc(C)n(CCCNC(=O)C[NH+]2CCN(c3cccc(Cl)c3)CC2)n1. The van der Waals surface area contributed by atoms with E-state index in [0.29, 0.717) is 13.1 Å². The van der Waals surface area contributed by atoms with E-state index in [9.17, 15) is 4.79 Å². The maximum absolute atomic E-state index is 12.2. The van der Waals surface area contributed by atoms with E-state index in [2.05, 4.69) is 34.4 Å². The molecule has 0 spiro atoms. The minimum absolute atomic E-state index is 0.134. The molecule has 1 aliphatic rings. The van der Waals surface area contributed by atoms with E-state index in [-0.39, 0.29) is 5.91 Å². The third kappa shape index (κ3) is 5.71. The van der Waals surface area contributed by atoms with E-state index in [1.165, 1.54) is 10.6 Å². The standard InChI is InChI=1S/C20H28ClN5O/c1-16-13-17(2)26(23-16)8-4-7-22-20(27)15-24-9-11-25(12-10-24)19-6-3-5-18(21)14-19/h3,5-6,13-14H,4,7-12,15H2,1-2H3,(H,22,27)/p+1. The Labute approximate surface area is 166 Å². The second kappa shape index (κ2) is 9.24. The number of nitrogens with zero attached hydrogens (tertiary/aromatic N) is 3. The van der Waals surface area contributed by atoms with Gasteiger partial charge in [-0.25, -0.2) is 0 Å². The van der Waals surface area contributed by atoms with E-state index in [4.69, 9.17) is 11.6 Å². The van der Waals surface area contributed by atoms with Gasteiger partial charge in [-0.2, -0.15) is 5.10 Å². The van der Waals surface area contributed by atoms with Gasteiger partial charge in [-0.1, -0.05) is 17.7 Å². The van der Waals surface area contributed by atoms with Gasteiger partial charge in [-0.3, -0.25) is 9.48 Å². The molecular formula is C20H29ClN5O+. The lowest BCUT2D eigenvalue weighted by Gasteiger charge is -2.33. The van der Waals surface area contributed by atoms with Crippen molar-refractivity contribution in [1.29, 1.82) is 0 Å². The molecule has 2 aromatic rings. The van der Waals surface area contributed by atoms with Crippen LogP contribution < -0.4 is 15.1 Å². The highest BCUT2D eigenvalue weighted by Gasteiger charge is 2.22. The number of hydrogen-bond acceptors (Lipinski definition) is 3. The molecule has 1 saturated heterocycles. The molecule has 27 heavy (non-hydrogen) atoms. The summed E-state index contributed by atoms with van der Waals surface area (Å²) < 4.78 is 2.00. The first-order valence-corrected chi connectivity index (χ1v) is 10.0. The number of quaternary nitrogens is 1. The fraction of sp³-hybridized carbons (Fsp3) is 0.500. The highest BCUT2D eigenvalue weighted by atomic mass is 35.5. The second-order valence-corrected chi connectivity index (χ2v) is 7.68. The Morgan fingerprint density at radius 3 is 2.70 bits per heavy atom. The summed E-state index contributed by atoms with van der Waals surface area (Å²) in [5, 5.41) is 8.26. The average Bonchev–Trinajstić information content (AvgIpc) is 2.97. The zero-order valence-corrected chi connectivity index (χ0v) is 16.9. The van der Waals surface area contributed by atoms with Crippen molar-refractivity contribution in [1.82, 2.24) is 15.1 Å². The number of rotatable bonds is 7. The lowest BCUT2D eigenvalue weighted by Crippen LogP contribution is -3.15. The molecule has 1 amide bonds. The predicted molar refractivity (Wildman–Crippen MR) is 109 cm³/mol. The Hall–Kier alpha value is -2.05. The Bertz CT molecular complexity index is 767. The second-order valence-electron chi connectivity index (χ2n) is 7.25. The van der Waals surface area contributed by atoms with Crippen LogP contribution in [-0.4, -0.2) is 55.0 Å². The van der Waals surface area contributed by atoms with E-state index < -0.39 is 0 Å². The van der Waals surface area contributed by atoms with Gasteiger partial charge in [-0.05, 0) is 44.5 Å². The topological polar surface area (TPSA) is 54.6 Å². The van der Waals surface area contributed by atoms with Crippen molar-refractivity contribution < 1.29 is 9.69 Å². The van der Waals surface area contributed by atoms with E-state index in [1.807, 2.05) is 29.8 Å². The molecule has 146 valence electrons. The molecule has 0 aliphatic carbocycles. The third-order valence-corrected chi connectivity index (χ3v) is 5.26. The highest BCUT2D eigenvalue weighted by molar-refractivity contribution is 6.30. The summed E-state index contributed by atoms with van der Waals surface area (Å²) in [7, 11) is 0. The number of anilines is 1. The van der Waals surface area contributed by atoms with Crippen LogP contribution in [0.3, 0.4) is 0 Å². The maximum Gasteiger partial charge on any atom is 0.275 e. The Balaban J connectivity index is 1.34. The van der Waals surface area contributed by atoms with Crippen molar-refractivity contribution in [2.45, 2.75) is 26.8 Å². The summed E-state index contributed by atoms with van der Waals surface area (Å²) in [6, 6.07) is 10.0. The molecule has 3 rings (SSSR count). The number of aromatic nitrogens is 2. The average molecular weight is 391 g/mol. The molecule has 1 fully saturated rings. The van der Waals surface area contributed by atoms with Crippen molar-refractivity contribution >= 4 is 23.2 Å². The lowest BCUT2D eigenvalue weighted by molar-refractivity contribution is -0.892. The van der Waals surface area contributed by atoms with Crippen LogP contribution in [0.5, 0.6) is 0 Å². The smallest absolute Gasteiger partial charge is 0.275 e. The van der Waals surface area contributed by atoms with Crippen LogP contribution >= 0.6 is 11.6 Å². The molecule has 2 N–H and O–H groups in total. The molecular weight excluding hydrogens is 362 g/mol. The zero-order chi connectivity index (χ0) is 19.2. The Morgan fingerprint density at radius 1 is 1.26 bits per heavy atom. The number of aryl methyl sites for hydroxylation is 3. The van der Waals surface area contributed by atoms with E-state index in [0.717, 1.165) is 55.5 Å². The molecule has 6 nitrogen and oxygen atoms in total. The Kier molecular flexibility index (Phi) is 6.74. The maximum atomic E-state index is 12.2. The number of halogens is 1. The molecule has 0 bridgehead atoms. The van der Waals surface area contributed by atoms with Gasteiger partial charge in [0.05, 0.1) is 31.9 Å². The fourth-order valence-corrected chi connectivity index (χ4v) is 3.76. The molecule has 1 aromatic carbocycles. The van der Waals surface area contributed by atoms with Gasteiger partial charge in [0.1, 0.15) is 0 Å². The largest absolute Gasteiger partial charge is 0.360 e. The summed E-state index contributed by atoms with van der Waals surface area (Å²) in [6.07, 6.45) is 0.894. The molecule has 7 heteroatoms. The quantitative estimate of drug-likeness (QED) is 0.695. The van der Waals surface area contributed by atoms with Gasteiger partial charge in [0.25, 0.3) is 5.91 Å². The molecule has 2 heterocycles. The molecule has 1 aromatic heterocycles. The van der Waals surface area contributed by atoms with Crippen LogP contribution in [0.2, 0.25) is 5.02 Å². The number of carbonyl (C=O) groups excluding carboxylic acids is 1. The van der Waals surface area contributed by atoms with Crippen molar-refractivity contribution in [2.75, 3.05) is 44.2 Å². The molecule has 0 saturated carbocycles. The van der Waals surface area contributed by atoms with Crippen molar-refractivity contribution in [3.8, 4) is 0 Å². The van der Waals surface area contributed by atoms with Crippen molar-refractivity contribution in [2.24, 2.45) is 0 Å². The number of carbonyl (C=O) groups is 1. The number of piperazine rings is 1. The van der Waals surface area contributed by atoms with Crippen molar-refractivity contribution in [3.63, 3.8) is 0 Å². The lowest BCUT2D eigenvalue weighted by atomic mass is 10.2. The fourth-order valence-electron chi connectivity index (χ4n) is 3.58. The summed E-state index contributed by atoms with van der Waals surface area (Å²) in [4.78, 5) is 15.9. The van der Waals surface area contributed by atoms with Gasteiger partial charge in [0.2, 0.25) is 0 Å². The monoisotopic (exact) mass is 390 g/mol. The third-order valence-electron chi connectivity index (χ3n) is 5.03. The molecule has 0 radical (unpaired) electrons. The molecule has 1 aliphatic heterocycles. The first-order chi connectivity index (χ1) is 13.0. The van der Waals surface area contributed by atoms with Crippen LogP contribution in [0.4, 0.5) is 5.69 Å². The minimum atomic E-state index is 0.134. The number of amides is 1. The van der Waals surface area contributed by atoms with Crippen LogP contribution in [0, 0.1) is 13.8 Å². The Morgan fingerprint density at radius 2 is 2.04 bits per heavy atom. The summed E-state index contributed by atoms with van der Waals surface area (Å²) in [6.45, 7) is 9.96. The van der Waals surface area contributed by atoms with Gasteiger partial charge >= 0.3 is 0 Å². The predicted octanol–water partition coefficient (Wildman–Crippen LogP) is 1.06. The van der Waals surface area contributed by atoms with E-state index >= 15 is 0 Å². The van der Waals surface area contributed by atoms with Gasteiger partial charge < -0.3 is 15.1 Å². The molecule has 0 atom stereocenters. The van der Waals surface area contributed by atoms with E-state index in [1.54, 1.807) is 0 Å². The van der Waals surface area contributed by atoms with Crippen molar-refractivity contribution in [3.05, 3.63) is 46.7 Å². The zero-order valence-electron chi connectivity index (χ0n) is 16.2. The summed E-state index contributed by atoms with van der Waals surface area (Å²) in [5.74, 6) is 0.134. The number of hydrogen-bond donors (Lipinski definition) is 2. The summed E-state index contributed by atoms with van der Waals surface area (Å²) >= 11 is 6.08. The van der Waals surface area contributed by atoms with Crippen LogP contribution in [0.15, 0.2) is 30.3 Å². The number of benzene rings is 1. The first kappa shape index (κ1) is 19.7. The van der Waals surface area contributed by atoms with Crippen LogP contribution in [0.25, 0.3) is 0 Å².